The lowest BCUT2D eigenvalue weighted by atomic mass is 9.91. The Morgan fingerprint density at radius 3 is 2.76 bits per heavy atom. The molecule has 116 valence electrons. The highest BCUT2D eigenvalue weighted by Crippen LogP contribution is 2.26. The molecule has 0 aromatic heterocycles. The van der Waals surface area contributed by atoms with Crippen LogP contribution in [0, 0.1) is 6.92 Å². The van der Waals surface area contributed by atoms with Crippen molar-refractivity contribution in [1.82, 2.24) is 4.90 Å². The minimum atomic E-state index is 0.0942. The number of aryl methyl sites for hydroxylation is 1. The second-order valence-electron chi connectivity index (χ2n) is 5.76. The van der Waals surface area contributed by atoms with E-state index in [1.54, 1.807) is 7.11 Å². The zero-order chi connectivity index (χ0) is 15.2. The first-order valence-corrected chi connectivity index (χ1v) is 7.68. The number of hydrogen-bond donors (Lipinski definition) is 1. The Labute approximate surface area is 126 Å². The topological polar surface area (TPSA) is 49.8 Å². The van der Waals surface area contributed by atoms with E-state index < -0.39 is 0 Å². The summed E-state index contributed by atoms with van der Waals surface area (Å²) in [5.41, 5.74) is 1.73. The first-order chi connectivity index (χ1) is 10.2. The third-order valence-electron chi connectivity index (χ3n) is 4.20. The second kappa shape index (κ2) is 7.57. The lowest BCUT2D eigenvalue weighted by Gasteiger charge is -2.37. The van der Waals surface area contributed by atoms with Crippen molar-refractivity contribution in [2.75, 3.05) is 26.8 Å². The van der Waals surface area contributed by atoms with Crippen molar-refractivity contribution >= 4 is 5.78 Å². The molecule has 0 unspecified atom stereocenters. The van der Waals surface area contributed by atoms with Gasteiger partial charge in [0.2, 0.25) is 0 Å². The van der Waals surface area contributed by atoms with E-state index in [9.17, 15) is 4.79 Å². The fourth-order valence-electron chi connectivity index (χ4n) is 2.71. The van der Waals surface area contributed by atoms with E-state index in [4.69, 9.17) is 9.84 Å². The van der Waals surface area contributed by atoms with Crippen LogP contribution < -0.4 is 4.74 Å². The van der Waals surface area contributed by atoms with Crippen molar-refractivity contribution in [2.24, 2.45) is 0 Å². The van der Waals surface area contributed by atoms with Gasteiger partial charge in [0, 0.05) is 19.2 Å². The van der Waals surface area contributed by atoms with Crippen molar-refractivity contribution < 1.29 is 14.6 Å². The molecule has 0 heterocycles. The number of aliphatic hydroxyl groups is 1. The van der Waals surface area contributed by atoms with Gasteiger partial charge in [0.25, 0.3) is 0 Å². The maximum Gasteiger partial charge on any atom is 0.180 e. The summed E-state index contributed by atoms with van der Waals surface area (Å²) in [7, 11) is 1.60. The summed E-state index contributed by atoms with van der Waals surface area (Å²) in [5.74, 6) is 0.743. The summed E-state index contributed by atoms with van der Waals surface area (Å²) in [6, 6.07) is 6.18. The van der Waals surface area contributed by atoms with Crippen molar-refractivity contribution in [1.29, 1.82) is 0 Å². The van der Waals surface area contributed by atoms with E-state index in [-0.39, 0.29) is 12.4 Å². The summed E-state index contributed by atoms with van der Waals surface area (Å²) >= 11 is 0. The predicted molar refractivity (Wildman–Crippen MR) is 83.0 cm³/mol. The van der Waals surface area contributed by atoms with Crippen molar-refractivity contribution in [3.63, 3.8) is 0 Å². The normalized spacial score (nSPS) is 15.0. The Morgan fingerprint density at radius 1 is 1.43 bits per heavy atom. The molecular weight excluding hydrogens is 266 g/mol. The summed E-state index contributed by atoms with van der Waals surface area (Å²) in [6.07, 6.45) is 4.27. The first-order valence-electron chi connectivity index (χ1n) is 7.68. The van der Waals surface area contributed by atoms with Crippen LogP contribution in [0.25, 0.3) is 0 Å². The van der Waals surface area contributed by atoms with Crippen LogP contribution in [0.4, 0.5) is 0 Å². The molecular formula is C17H25NO3. The lowest BCUT2D eigenvalue weighted by Crippen LogP contribution is -2.43. The minimum Gasteiger partial charge on any atom is -0.496 e. The largest absolute Gasteiger partial charge is 0.496 e. The number of hydrogen-bond acceptors (Lipinski definition) is 4. The van der Waals surface area contributed by atoms with Crippen LogP contribution in [0.5, 0.6) is 5.75 Å². The van der Waals surface area contributed by atoms with Crippen LogP contribution in [0.1, 0.15) is 41.6 Å². The van der Waals surface area contributed by atoms with Gasteiger partial charge in [-0.15, -0.1) is 0 Å². The number of benzene rings is 1. The minimum absolute atomic E-state index is 0.0942. The number of ether oxygens (including phenoxy) is 1. The highest BCUT2D eigenvalue weighted by atomic mass is 16.5. The van der Waals surface area contributed by atoms with E-state index in [2.05, 4.69) is 4.90 Å². The molecule has 0 bridgehead atoms. The van der Waals surface area contributed by atoms with Gasteiger partial charge < -0.3 is 9.84 Å². The Morgan fingerprint density at radius 2 is 2.19 bits per heavy atom. The van der Waals surface area contributed by atoms with Crippen LogP contribution in [-0.4, -0.2) is 48.6 Å². The standard InChI is InChI=1S/C17H25NO3/c1-13-7-8-15(17(11-13)21-2)16(20)12-18(9-4-10-19)14-5-3-6-14/h7-8,11,14,19H,3-6,9-10,12H2,1-2H3. The number of ketones is 1. The van der Waals surface area contributed by atoms with Crippen molar-refractivity contribution in [2.45, 2.75) is 38.6 Å². The molecule has 1 N–H and O–H groups in total. The first kappa shape index (κ1) is 16.0. The summed E-state index contributed by atoms with van der Waals surface area (Å²) in [6.45, 7) is 3.34. The molecule has 0 saturated heterocycles. The molecule has 2 rings (SSSR count). The Kier molecular flexibility index (Phi) is 5.76. The zero-order valence-electron chi connectivity index (χ0n) is 13.0. The molecule has 0 radical (unpaired) electrons. The third-order valence-corrected chi connectivity index (χ3v) is 4.20. The van der Waals surface area contributed by atoms with Crippen LogP contribution in [0.2, 0.25) is 0 Å². The highest BCUT2D eigenvalue weighted by Gasteiger charge is 2.27. The van der Waals surface area contributed by atoms with Gasteiger partial charge in [-0.3, -0.25) is 9.69 Å². The maximum atomic E-state index is 12.6. The Bertz CT molecular complexity index is 483. The molecule has 1 saturated carbocycles. The zero-order valence-corrected chi connectivity index (χ0v) is 13.0. The summed E-state index contributed by atoms with van der Waals surface area (Å²) in [5, 5.41) is 9.02. The van der Waals surface area contributed by atoms with Gasteiger partial charge >= 0.3 is 0 Å². The van der Waals surface area contributed by atoms with E-state index in [1.165, 1.54) is 6.42 Å². The number of methoxy groups -OCH3 is 1. The van der Waals surface area contributed by atoms with Gasteiger partial charge in [-0.05, 0) is 43.9 Å². The maximum absolute atomic E-state index is 12.6. The fourth-order valence-corrected chi connectivity index (χ4v) is 2.71. The van der Waals surface area contributed by atoms with Crippen LogP contribution >= 0.6 is 0 Å². The Balaban J connectivity index is 2.07. The SMILES string of the molecule is COc1cc(C)ccc1C(=O)CN(CCCO)C1CCC1. The second-order valence-corrected chi connectivity index (χ2v) is 5.76. The Hall–Kier alpha value is -1.39. The lowest BCUT2D eigenvalue weighted by molar-refractivity contribution is 0.0785. The van der Waals surface area contributed by atoms with E-state index >= 15 is 0 Å². The monoisotopic (exact) mass is 291 g/mol. The summed E-state index contributed by atoms with van der Waals surface area (Å²) < 4.78 is 5.33. The number of carbonyl (C=O) groups is 1. The van der Waals surface area contributed by atoms with Gasteiger partial charge in [-0.25, -0.2) is 0 Å². The fraction of sp³-hybridized carbons (Fsp3) is 0.588. The molecule has 1 aliphatic carbocycles. The van der Waals surface area contributed by atoms with E-state index in [0.29, 0.717) is 23.9 Å². The van der Waals surface area contributed by atoms with Gasteiger partial charge in [0.1, 0.15) is 5.75 Å². The van der Waals surface area contributed by atoms with Crippen molar-refractivity contribution in [3.8, 4) is 5.75 Å². The van der Waals surface area contributed by atoms with Crippen LogP contribution in [0.15, 0.2) is 18.2 Å². The smallest absolute Gasteiger partial charge is 0.180 e. The molecule has 0 amide bonds. The molecule has 0 atom stereocenters. The predicted octanol–water partition coefficient (Wildman–Crippen LogP) is 2.42. The van der Waals surface area contributed by atoms with Gasteiger partial charge in [0.15, 0.2) is 5.78 Å². The quantitative estimate of drug-likeness (QED) is 0.747. The summed E-state index contributed by atoms with van der Waals surface area (Å²) in [4.78, 5) is 14.8. The molecule has 1 aromatic carbocycles. The van der Waals surface area contributed by atoms with E-state index in [0.717, 1.165) is 31.4 Å². The molecule has 1 fully saturated rings. The molecule has 21 heavy (non-hydrogen) atoms. The molecule has 1 aliphatic rings. The highest BCUT2D eigenvalue weighted by molar-refractivity contribution is 6.00. The third kappa shape index (κ3) is 4.05. The molecule has 0 spiro atoms. The molecule has 4 heteroatoms. The molecule has 1 aromatic rings. The van der Waals surface area contributed by atoms with Gasteiger partial charge in [0.05, 0.1) is 19.2 Å². The van der Waals surface area contributed by atoms with Gasteiger partial charge in [-0.2, -0.15) is 0 Å². The number of nitrogens with zero attached hydrogens (tertiary/aromatic N) is 1. The van der Waals surface area contributed by atoms with Crippen LogP contribution in [0.3, 0.4) is 0 Å². The van der Waals surface area contributed by atoms with Crippen molar-refractivity contribution in [3.05, 3.63) is 29.3 Å². The molecule has 0 aliphatic heterocycles. The average Bonchev–Trinajstić information content (AvgIpc) is 2.42. The number of aliphatic hydroxyl groups excluding tert-OH is 1. The van der Waals surface area contributed by atoms with E-state index in [1.807, 2.05) is 25.1 Å². The number of carbonyl (C=O) groups excluding carboxylic acids is 1. The van der Waals surface area contributed by atoms with Crippen LogP contribution in [-0.2, 0) is 0 Å². The average molecular weight is 291 g/mol. The molecule has 4 nitrogen and oxygen atoms in total. The van der Waals surface area contributed by atoms with Gasteiger partial charge in [-0.1, -0.05) is 12.5 Å². The number of Topliss-reactive ketones (excluding diaryl/α,β-unsaturated/α-hetero) is 1. The number of rotatable bonds is 8.